The van der Waals surface area contributed by atoms with Crippen LogP contribution in [0.2, 0.25) is 0 Å². The van der Waals surface area contributed by atoms with Crippen molar-refractivity contribution in [3.8, 4) is 0 Å². The summed E-state index contributed by atoms with van der Waals surface area (Å²) < 4.78 is 5.96. The highest BCUT2D eigenvalue weighted by molar-refractivity contribution is 9.10. The summed E-state index contributed by atoms with van der Waals surface area (Å²) in [6, 6.07) is 7.34. The molecule has 1 saturated heterocycles. The number of aliphatic hydroxyl groups is 1. The van der Waals surface area contributed by atoms with Gasteiger partial charge in [-0.15, -0.1) is 0 Å². The highest BCUT2D eigenvalue weighted by Crippen LogP contribution is 2.40. The molecule has 2 unspecified atom stereocenters. The van der Waals surface area contributed by atoms with Gasteiger partial charge in [-0.3, -0.25) is 24.2 Å². The Bertz CT molecular complexity index is 883. The fraction of sp³-hybridized carbons (Fsp3) is 0.542. The van der Waals surface area contributed by atoms with Crippen LogP contribution in [0.1, 0.15) is 24.8 Å². The summed E-state index contributed by atoms with van der Waals surface area (Å²) in [6.45, 7) is 7.75. The summed E-state index contributed by atoms with van der Waals surface area (Å²) in [5, 5.41) is 12.1. The normalized spacial score (nSPS) is 23.7. The van der Waals surface area contributed by atoms with E-state index in [4.69, 9.17) is 9.84 Å². The van der Waals surface area contributed by atoms with E-state index in [0.29, 0.717) is 13.1 Å². The van der Waals surface area contributed by atoms with Crippen LogP contribution in [0.15, 0.2) is 40.5 Å². The summed E-state index contributed by atoms with van der Waals surface area (Å²) in [4.78, 5) is 43.4. The molecule has 0 spiro atoms. The van der Waals surface area contributed by atoms with Crippen LogP contribution in [0.5, 0.6) is 0 Å². The number of esters is 1. The third-order valence-electron chi connectivity index (χ3n) is 6.20. The Morgan fingerprint density at radius 2 is 1.85 bits per heavy atom. The number of nitrogens with zero attached hydrogens (tertiary/aromatic N) is 2. The SMILES string of the molecule is CCOC(=O)C1C(=O)/C(=C\NCCN2CCN(CCO)CC2)C(=O)CC1c1ccccc1Br. The van der Waals surface area contributed by atoms with Gasteiger partial charge in [-0.1, -0.05) is 34.1 Å². The molecule has 2 atom stereocenters. The van der Waals surface area contributed by atoms with Crippen LogP contribution in [0.3, 0.4) is 0 Å². The zero-order chi connectivity index (χ0) is 23.8. The van der Waals surface area contributed by atoms with Gasteiger partial charge in [0.15, 0.2) is 11.6 Å². The molecule has 0 bridgehead atoms. The summed E-state index contributed by atoms with van der Waals surface area (Å²) in [5.41, 5.74) is 0.786. The van der Waals surface area contributed by atoms with E-state index >= 15 is 0 Å². The number of carbonyl (C=O) groups excluding carboxylic acids is 3. The molecule has 1 saturated carbocycles. The van der Waals surface area contributed by atoms with Crippen molar-refractivity contribution in [3.05, 3.63) is 46.1 Å². The number of hydrogen-bond donors (Lipinski definition) is 2. The molecule has 8 nitrogen and oxygen atoms in total. The number of piperazine rings is 1. The van der Waals surface area contributed by atoms with Crippen LogP contribution in [-0.2, 0) is 19.1 Å². The van der Waals surface area contributed by atoms with Gasteiger partial charge in [-0.25, -0.2) is 0 Å². The first-order chi connectivity index (χ1) is 16.0. The van der Waals surface area contributed by atoms with Gasteiger partial charge in [-0.2, -0.15) is 0 Å². The number of ether oxygens (including phenoxy) is 1. The van der Waals surface area contributed by atoms with Gasteiger partial charge in [0.2, 0.25) is 0 Å². The van der Waals surface area contributed by atoms with E-state index in [0.717, 1.165) is 42.8 Å². The third kappa shape index (κ3) is 6.50. The Morgan fingerprint density at radius 1 is 1.18 bits per heavy atom. The number of β-amino-alcohol motifs (C(OH)–C–C–N with tert-alkyl or cyclic N) is 1. The Kier molecular flexibility index (Phi) is 9.61. The number of ketones is 2. The average molecular weight is 522 g/mol. The van der Waals surface area contributed by atoms with Crippen molar-refractivity contribution in [2.75, 3.05) is 59.0 Å². The minimum atomic E-state index is -1.05. The molecule has 1 heterocycles. The lowest BCUT2D eigenvalue weighted by Crippen LogP contribution is -2.48. The van der Waals surface area contributed by atoms with E-state index in [1.54, 1.807) is 6.92 Å². The fourth-order valence-electron chi connectivity index (χ4n) is 4.41. The number of Topliss-reactive ketones (excluding diaryl/α,β-unsaturated/α-hetero) is 2. The van der Waals surface area contributed by atoms with Gasteiger partial charge < -0.3 is 15.2 Å². The second kappa shape index (κ2) is 12.4. The maximum absolute atomic E-state index is 13.3. The van der Waals surface area contributed by atoms with E-state index in [-0.39, 0.29) is 31.0 Å². The molecule has 180 valence electrons. The monoisotopic (exact) mass is 521 g/mol. The van der Waals surface area contributed by atoms with Crippen molar-refractivity contribution >= 4 is 33.5 Å². The van der Waals surface area contributed by atoms with E-state index < -0.39 is 23.6 Å². The standard InChI is InChI=1S/C24H32BrN3O5/c1-2-33-24(32)22-18(17-5-3-4-6-20(17)25)15-21(30)19(23(22)31)16-26-7-8-27-9-11-28(12-10-27)13-14-29/h3-6,16,18,22,26,29H,2,7-15H2,1H3/b19-16-. The van der Waals surface area contributed by atoms with Crippen LogP contribution in [-0.4, -0.2) is 91.5 Å². The molecule has 2 aliphatic rings. The van der Waals surface area contributed by atoms with Crippen molar-refractivity contribution in [2.45, 2.75) is 19.3 Å². The van der Waals surface area contributed by atoms with Crippen molar-refractivity contribution in [2.24, 2.45) is 5.92 Å². The van der Waals surface area contributed by atoms with Gasteiger partial charge in [0.25, 0.3) is 0 Å². The summed E-state index contributed by atoms with van der Waals surface area (Å²) in [6.07, 6.45) is 1.54. The van der Waals surface area contributed by atoms with E-state index in [9.17, 15) is 14.4 Å². The number of halogens is 1. The highest BCUT2D eigenvalue weighted by Gasteiger charge is 2.45. The fourth-order valence-corrected chi connectivity index (χ4v) is 4.99. The van der Waals surface area contributed by atoms with Crippen LogP contribution in [0.4, 0.5) is 0 Å². The van der Waals surface area contributed by atoms with Crippen molar-refractivity contribution in [1.29, 1.82) is 0 Å². The Balaban J connectivity index is 1.65. The molecule has 9 heteroatoms. The molecule has 1 aromatic carbocycles. The number of nitrogens with one attached hydrogen (secondary N) is 1. The lowest BCUT2D eigenvalue weighted by Gasteiger charge is -2.34. The second-order valence-electron chi connectivity index (χ2n) is 8.27. The molecular weight excluding hydrogens is 490 g/mol. The van der Waals surface area contributed by atoms with Gasteiger partial charge in [0, 0.05) is 68.8 Å². The summed E-state index contributed by atoms with van der Waals surface area (Å²) >= 11 is 3.48. The lowest BCUT2D eigenvalue weighted by atomic mass is 9.72. The molecule has 0 aromatic heterocycles. The average Bonchev–Trinajstić information content (AvgIpc) is 2.80. The topological polar surface area (TPSA) is 99.2 Å². The molecule has 1 aliphatic carbocycles. The maximum Gasteiger partial charge on any atom is 0.317 e. The van der Waals surface area contributed by atoms with Gasteiger partial charge in [0.05, 0.1) is 18.8 Å². The Morgan fingerprint density at radius 3 is 2.48 bits per heavy atom. The van der Waals surface area contributed by atoms with E-state index in [1.807, 2.05) is 24.3 Å². The van der Waals surface area contributed by atoms with Crippen molar-refractivity contribution in [1.82, 2.24) is 15.1 Å². The van der Waals surface area contributed by atoms with Crippen molar-refractivity contribution in [3.63, 3.8) is 0 Å². The molecule has 1 aromatic rings. The number of benzene rings is 1. The first kappa shape index (κ1) is 25.6. The maximum atomic E-state index is 13.3. The van der Waals surface area contributed by atoms with Crippen LogP contribution < -0.4 is 5.32 Å². The lowest BCUT2D eigenvalue weighted by molar-refractivity contribution is -0.152. The minimum absolute atomic E-state index is 0.0316. The molecule has 2 fully saturated rings. The first-order valence-electron chi connectivity index (χ1n) is 11.4. The summed E-state index contributed by atoms with van der Waals surface area (Å²) in [5.74, 6) is -2.97. The highest BCUT2D eigenvalue weighted by atomic mass is 79.9. The number of hydrogen-bond acceptors (Lipinski definition) is 8. The Hall–Kier alpha value is -2.07. The van der Waals surface area contributed by atoms with E-state index in [2.05, 4.69) is 31.0 Å². The van der Waals surface area contributed by atoms with Crippen LogP contribution >= 0.6 is 15.9 Å². The molecule has 33 heavy (non-hydrogen) atoms. The van der Waals surface area contributed by atoms with Gasteiger partial charge in [-0.05, 0) is 18.6 Å². The second-order valence-corrected chi connectivity index (χ2v) is 9.12. The van der Waals surface area contributed by atoms with Crippen LogP contribution in [0, 0.1) is 5.92 Å². The predicted octanol–water partition coefficient (Wildman–Crippen LogP) is 1.34. The summed E-state index contributed by atoms with van der Waals surface area (Å²) in [7, 11) is 0. The van der Waals surface area contributed by atoms with Gasteiger partial charge >= 0.3 is 5.97 Å². The molecule has 3 rings (SSSR count). The Labute approximate surface area is 203 Å². The largest absolute Gasteiger partial charge is 0.465 e. The minimum Gasteiger partial charge on any atom is -0.465 e. The van der Waals surface area contributed by atoms with E-state index in [1.165, 1.54) is 6.20 Å². The number of carbonyl (C=O) groups is 3. The smallest absolute Gasteiger partial charge is 0.317 e. The van der Waals surface area contributed by atoms with Crippen LogP contribution in [0.25, 0.3) is 0 Å². The molecule has 0 radical (unpaired) electrons. The molecule has 2 N–H and O–H groups in total. The zero-order valence-corrected chi connectivity index (χ0v) is 20.6. The van der Waals surface area contributed by atoms with Gasteiger partial charge in [0.1, 0.15) is 5.92 Å². The quantitative estimate of drug-likeness (QED) is 0.165. The third-order valence-corrected chi connectivity index (χ3v) is 6.92. The molecule has 1 aliphatic heterocycles. The molecule has 0 amide bonds. The number of rotatable bonds is 9. The number of allylic oxidation sites excluding steroid dienone is 1. The predicted molar refractivity (Wildman–Crippen MR) is 128 cm³/mol. The first-order valence-corrected chi connectivity index (χ1v) is 12.2. The zero-order valence-electron chi connectivity index (χ0n) is 19.0. The van der Waals surface area contributed by atoms with Crippen molar-refractivity contribution < 1.29 is 24.2 Å². The number of aliphatic hydroxyl groups excluding tert-OH is 1. The molecular formula is C24H32BrN3O5.